The zero-order valence-corrected chi connectivity index (χ0v) is 7.31. The molecule has 0 heterocycles. The Morgan fingerprint density at radius 1 is 1.33 bits per heavy atom. The monoisotopic (exact) mass is 194 g/mol. The summed E-state index contributed by atoms with van der Waals surface area (Å²) in [4.78, 5) is 0.505. The summed E-state index contributed by atoms with van der Waals surface area (Å²) in [5.74, 6) is 0. The van der Waals surface area contributed by atoms with Crippen molar-refractivity contribution in [2.75, 3.05) is 0 Å². The Morgan fingerprint density at radius 3 is 2.33 bits per heavy atom. The van der Waals surface area contributed by atoms with Crippen molar-refractivity contribution in [1.29, 1.82) is 0 Å². The normalized spacial score (nSPS) is 11.9. The SMILES string of the molecule is Cc1cccc(S(=O)O)c1C.[NaH]. The van der Waals surface area contributed by atoms with Gasteiger partial charge in [-0.2, -0.15) is 0 Å². The van der Waals surface area contributed by atoms with Crippen LogP contribution in [0.25, 0.3) is 0 Å². The molecule has 0 aliphatic rings. The van der Waals surface area contributed by atoms with Crippen LogP contribution in [0.15, 0.2) is 23.1 Å². The van der Waals surface area contributed by atoms with Gasteiger partial charge >= 0.3 is 29.6 Å². The van der Waals surface area contributed by atoms with Gasteiger partial charge in [0.15, 0.2) is 11.1 Å². The van der Waals surface area contributed by atoms with Crippen LogP contribution in [-0.4, -0.2) is 38.3 Å². The first kappa shape index (κ1) is 12.3. The molecule has 2 nitrogen and oxygen atoms in total. The van der Waals surface area contributed by atoms with Crippen LogP contribution in [0.3, 0.4) is 0 Å². The van der Waals surface area contributed by atoms with Gasteiger partial charge in [0.25, 0.3) is 0 Å². The van der Waals surface area contributed by atoms with E-state index in [9.17, 15) is 4.21 Å². The molecule has 0 amide bonds. The predicted octanol–water partition coefficient (Wildman–Crippen LogP) is 1.24. The van der Waals surface area contributed by atoms with E-state index in [2.05, 4.69) is 0 Å². The zero-order chi connectivity index (χ0) is 8.43. The van der Waals surface area contributed by atoms with Crippen LogP contribution in [0.2, 0.25) is 0 Å². The number of aryl methyl sites for hydroxylation is 1. The molecular formula is C8H11NaO2S. The molecule has 0 aliphatic heterocycles. The second-order valence-corrected chi connectivity index (χ2v) is 3.39. The Morgan fingerprint density at radius 2 is 1.92 bits per heavy atom. The van der Waals surface area contributed by atoms with Gasteiger partial charge in [0.1, 0.15) is 0 Å². The van der Waals surface area contributed by atoms with Crippen LogP contribution in [0.1, 0.15) is 11.1 Å². The Balaban J connectivity index is 0.00000121. The Kier molecular flexibility index (Phi) is 5.29. The van der Waals surface area contributed by atoms with E-state index in [1.165, 1.54) is 0 Å². The number of rotatable bonds is 1. The maximum absolute atomic E-state index is 10.7. The molecular weight excluding hydrogens is 183 g/mol. The van der Waals surface area contributed by atoms with Gasteiger partial charge in [-0.05, 0) is 31.0 Å². The van der Waals surface area contributed by atoms with E-state index in [4.69, 9.17) is 4.55 Å². The topological polar surface area (TPSA) is 37.3 Å². The summed E-state index contributed by atoms with van der Waals surface area (Å²) in [7, 11) is 0. The number of benzene rings is 1. The summed E-state index contributed by atoms with van der Waals surface area (Å²) in [5.41, 5.74) is 1.94. The quantitative estimate of drug-likeness (QED) is 0.539. The van der Waals surface area contributed by atoms with Crippen molar-refractivity contribution in [2.24, 2.45) is 0 Å². The first-order valence-electron chi connectivity index (χ1n) is 3.30. The van der Waals surface area contributed by atoms with Crippen LogP contribution >= 0.6 is 0 Å². The molecule has 0 bridgehead atoms. The molecule has 12 heavy (non-hydrogen) atoms. The molecule has 0 saturated carbocycles. The summed E-state index contributed by atoms with van der Waals surface area (Å²) in [6.07, 6.45) is 0. The molecule has 0 radical (unpaired) electrons. The van der Waals surface area contributed by atoms with Crippen LogP contribution in [0, 0.1) is 13.8 Å². The molecule has 4 heteroatoms. The van der Waals surface area contributed by atoms with E-state index in [1.807, 2.05) is 19.9 Å². The predicted molar refractivity (Wildman–Crippen MR) is 52.1 cm³/mol. The average molecular weight is 194 g/mol. The van der Waals surface area contributed by atoms with Gasteiger partial charge in [0.05, 0.1) is 4.90 Å². The zero-order valence-electron chi connectivity index (χ0n) is 6.50. The van der Waals surface area contributed by atoms with Crippen molar-refractivity contribution < 1.29 is 8.76 Å². The van der Waals surface area contributed by atoms with E-state index in [-0.39, 0.29) is 29.6 Å². The van der Waals surface area contributed by atoms with Crippen molar-refractivity contribution in [2.45, 2.75) is 18.7 Å². The molecule has 1 unspecified atom stereocenters. The van der Waals surface area contributed by atoms with Gasteiger partial charge < -0.3 is 4.55 Å². The van der Waals surface area contributed by atoms with Gasteiger partial charge in [0, 0.05) is 0 Å². The summed E-state index contributed by atoms with van der Waals surface area (Å²) in [6.45, 7) is 3.77. The van der Waals surface area contributed by atoms with Gasteiger partial charge in [0.2, 0.25) is 0 Å². The second kappa shape index (κ2) is 5.14. The first-order chi connectivity index (χ1) is 5.13. The molecule has 1 N–H and O–H groups in total. The molecule has 1 atom stereocenters. The van der Waals surface area contributed by atoms with Gasteiger partial charge in [-0.25, -0.2) is 4.21 Å². The summed E-state index contributed by atoms with van der Waals surface area (Å²) in [5, 5.41) is 0. The van der Waals surface area contributed by atoms with Crippen LogP contribution in [-0.2, 0) is 11.1 Å². The van der Waals surface area contributed by atoms with Crippen molar-refractivity contribution in [3.05, 3.63) is 29.3 Å². The van der Waals surface area contributed by atoms with Crippen LogP contribution in [0.5, 0.6) is 0 Å². The van der Waals surface area contributed by atoms with E-state index in [0.29, 0.717) is 4.90 Å². The third-order valence-corrected chi connectivity index (χ3v) is 2.56. The summed E-state index contributed by atoms with van der Waals surface area (Å²) in [6, 6.07) is 5.37. The number of hydrogen-bond acceptors (Lipinski definition) is 1. The third kappa shape index (κ3) is 2.68. The van der Waals surface area contributed by atoms with E-state index < -0.39 is 11.1 Å². The van der Waals surface area contributed by atoms with E-state index >= 15 is 0 Å². The van der Waals surface area contributed by atoms with Crippen molar-refractivity contribution in [3.8, 4) is 0 Å². The van der Waals surface area contributed by atoms with Crippen molar-refractivity contribution in [3.63, 3.8) is 0 Å². The van der Waals surface area contributed by atoms with E-state index in [1.54, 1.807) is 12.1 Å². The molecule has 0 aromatic heterocycles. The van der Waals surface area contributed by atoms with Crippen molar-refractivity contribution in [1.82, 2.24) is 0 Å². The minimum atomic E-state index is -1.85. The molecule has 0 aliphatic carbocycles. The Labute approximate surface area is 97.0 Å². The van der Waals surface area contributed by atoms with Crippen LogP contribution in [0.4, 0.5) is 0 Å². The van der Waals surface area contributed by atoms with Gasteiger partial charge in [-0.1, -0.05) is 12.1 Å². The van der Waals surface area contributed by atoms with Crippen molar-refractivity contribution >= 4 is 40.6 Å². The molecule has 62 valence electrons. The third-order valence-electron chi connectivity index (χ3n) is 1.74. The molecule has 0 fully saturated rings. The first-order valence-corrected chi connectivity index (χ1v) is 4.40. The van der Waals surface area contributed by atoms with Gasteiger partial charge in [-0.15, -0.1) is 0 Å². The number of hydrogen-bond donors (Lipinski definition) is 1. The molecule has 1 rings (SSSR count). The maximum atomic E-state index is 10.7. The standard InChI is InChI=1S/C8H10O2S.Na.H/c1-6-4-3-5-8(7(6)2)11(9)10;;/h3-5H,1-2H3,(H,9,10);;. The second-order valence-electron chi connectivity index (χ2n) is 2.45. The fraction of sp³-hybridized carbons (Fsp3) is 0.250. The molecule has 1 aromatic rings. The molecule has 0 saturated heterocycles. The van der Waals surface area contributed by atoms with Crippen LogP contribution < -0.4 is 0 Å². The fourth-order valence-corrected chi connectivity index (χ4v) is 1.53. The molecule has 0 spiro atoms. The van der Waals surface area contributed by atoms with Gasteiger partial charge in [-0.3, -0.25) is 0 Å². The molecule has 1 aromatic carbocycles. The Hall–Kier alpha value is 0.330. The summed E-state index contributed by atoms with van der Waals surface area (Å²) >= 11 is -1.85. The minimum absolute atomic E-state index is 0. The van der Waals surface area contributed by atoms with E-state index in [0.717, 1.165) is 11.1 Å². The fourth-order valence-electron chi connectivity index (χ4n) is 0.913. The summed E-state index contributed by atoms with van der Waals surface area (Å²) < 4.78 is 19.5. The average Bonchev–Trinajstić information content (AvgIpc) is 1.94. The Bertz CT molecular complexity index is 299.